The largest absolute Gasteiger partial charge is 0.487 e. The van der Waals surface area contributed by atoms with Crippen molar-refractivity contribution in [3.63, 3.8) is 0 Å². The van der Waals surface area contributed by atoms with E-state index in [9.17, 15) is 14.4 Å². The van der Waals surface area contributed by atoms with E-state index >= 15 is 0 Å². The molecule has 266 valence electrons. The fourth-order valence-electron chi connectivity index (χ4n) is 7.84. The number of pyridine rings is 1. The molecule has 2 fully saturated rings. The molecule has 1 saturated heterocycles. The highest BCUT2D eigenvalue weighted by Gasteiger charge is 2.47. The molecular formula is C42H41N3O7. The quantitative estimate of drug-likeness (QED) is 0.206. The molecule has 10 heteroatoms. The Morgan fingerprint density at radius 3 is 2.48 bits per heavy atom. The summed E-state index contributed by atoms with van der Waals surface area (Å²) in [7, 11) is 1.31. The minimum Gasteiger partial charge on any atom is -0.487 e. The lowest BCUT2D eigenvalue weighted by atomic mass is 9.95. The van der Waals surface area contributed by atoms with Gasteiger partial charge in [-0.3, -0.25) is 4.79 Å². The Balaban J connectivity index is 1.16. The average molecular weight is 700 g/mol. The molecule has 2 bridgehead atoms. The van der Waals surface area contributed by atoms with Gasteiger partial charge in [-0.05, 0) is 72.8 Å². The number of carbonyl (C=O) groups is 3. The number of ether oxygens (including phenoxy) is 4. The molecule has 0 spiro atoms. The molecule has 0 radical (unpaired) electrons. The summed E-state index contributed by atoms with van der Waals surface area (Å²) in [6, 6.07) is 23.9. The second-order valence-electron chi connectivity index (χ2n) is 14.1. The molecule has 52 heavy (non-hydrogen) atoms. The lowest BCUT2D eigenvalue weighted by molar-refractivity contribution is -0.152. The number of fused-ring (bicyclic) bond motifs is 6. The number of aromatic nitrogens is 1. The Labute approximate surface area is 302 Å². The summed E-state index contributed by atoms with van der Waals surface area (Å²) in [5.74, 6) is 6.60. The lowest BCUT2D eigenvalue weighted by Crippen LogP contribution is -2.55. The van der Waals surface area contributed by atoms with E-state index in [1.54, 1.807) is 0 Å². The molecule has 10 nitrogen and oxygen atoms in total. The number of nitrogens with zero attached hydrogens (tertiary/aromatic N) is 2. The van der Waals surface area contributed by atoms with Gasteiger partial charge >= 0.3 is 12.1 Å². The molecular weight excluding hydrogens is 658 g/mol. The second kappa shape index (κ2) is 14.6. The highest BCUT2D eigenvalue weighted by molar-refractivity contribution is 5.91. The van der Waals surface area contributed by atoms with Gasteiger partial charge in [0.15, 0.2) is 0 Å². The first-order valence-electron chi connectivity index (χ1n) is 18.1. The number of benzene rings is 3. The highest BCUT2D eigenvalue weighted by Crippen LogP contribution is 2.40. The van der Waals surface area contributed by atoms with Crippen molar-refractivity contribution < 1.29 is 33.3 Å². The third-order valence-corrected chi connectivity index (χ3v) is 10.6. The summed E-state index contributed by atoms with van der Waals surface area (Å²) in [6.45, 7) is 0.401. The zero-order valence-electron chi connectivity index (χ0n) is 29.1. The number of rotatable bonds is 5. The van der Waals surface area contributed by atoms with E-state index in [0.717, 1.165) is 41.3 Å². The number of nitrogens with one attached hydrogen (secondary N) is 1. The molecule has 5 unspecified atom stereocenters. The van der Waals surface area contributed by atoms with Crippen molar-refractivity contribution in [2.24, 2.45) is 11.8 Å². The Morgan fingerprint density at radius 1 is 0.942 bits per heavy atom. The summed E-state index contributed by atoms with van der Waals surface area (Å²) in [5.41, 5.74) is 4.49. The molecule has 4 aromatic rings. The van der Waals surface area contributed by atoms with Gasteiger partial charge in [0.25, 0.3) is 0 Å². The van der Waals surface area contributed by atoms with Crippen LogP contribution < -0.4 is 14.8 Å². The summed E-state index contributed by atoms with van der Waals surface area (Å²) in [6.07, 6.45) is 3.06. The number of para-hydroxylation sites is 1. The van der Waals surface area contributed by atoms with E-state index in [4.69, 9.17) is 23.9 Å². The predicted octanol–water partition coefficient (Wildman–Crippen LogP) is 5.77. The van der Waals surface area contributed by atoms with E-state index in [0.29, 0.717) is 42.7 Å². The predicted molar refractivity (Wildman–Crippen MR) is 192 cm³/mol. The zero-order chi connectivity index (χ0) is 35.6. The van der Waals surface area contributed by atoms with Gasteiger partial charge in [0.05, 0.1) is 19.2 Å². The van der Waals surface area contributed by atoms with Crippen molar-refractivity contribution in [2.75, 3.05) is 13.7 Å². The monoisotopic (exact) mass is 699 g/mol. The van der Waals surface area contributed by atoms with E-state index in [1.807, 2.05) is 66.7 Å². The Hall–Kier alpha value is -5.56. The number of carbonyl (C=O) groups excluding carboxylic acids is 3. The number of alkyl carbamates (subject to hydrolysis) is 1. The van der Waals surface area contributed by atoms with Crippen LogP contribution in [-0.4, -0.2) is 65.8 Å². The first-order chi connectivity index (χ1) is 25.4. The molecule has 5 atom stereocenters. The molecule has 3 heterocycles. The van der Waals surface area contributed by atoms with Gasteiger partial charge in [-0.1, -0.05) is 78.6 Å². The van der Waals surface area contributed by atoms with E-state index in [-0.39, 0.29) is 42.7 Å². The zero-order valence-corrected chi connectivity index (χ0v) is 29.1. The maximum Gasteiger partial charge on any atom is 0.408 e. The van der Waals surface area contributed by atoms with Crippen molar-refractivity contribution in [2.45, 2.75) is 75.8 Å². The maximum absolute atomic E-state index is 14.6. The van der Waals surface area contributed by atoms with Crippen LogP contribution in [0.15, 0.2) is 78.9 Å². The summed E-state index contributed by atoms with van der Waals surface area (Å²) in [5, 5.41) is 3.75. The average Bonchev–Trinajstić information content (AvgIpc) is 3.53. The van der Waals surface area contributed by atoms with Gasteiger partial charge in [0, 0.05) is 18.2 Å². The molecule has 2 aliphatic heterocycles. The van der Waals surface area contributed by atoms with Gasteiger partial charge in [0.1, 0.15) is 42.2 Å². The van der Waals surface area contributed by atoms with Crippen LogP contribution in [0.3, 0.4) is 0 Å². The summed E-state index contributed by atoms with van der Waals surface area (Å²) in [4.78, 5) is 47.7. The minimum atomic E-state index is -0.926. The summed E-state index contributed by atoms with van der Waals surface area (Å²) >= 11 is 0. The van der Waals surface area contributed by atoms with Crippen molar-refractivity contribution in [1.82, 2.24) is 15.2 Å². The second-order valence-corrected chi connectivity index (χ2v) is 14.1. The molecule has 2 aliphatic carbocycles. The fourth-order valence-corrected chi connectivity index (χ4v) is 7.84. The molecule has 4 aliphatic rings. The molecule has 8 rings (SSSR count). The lowest BCUT2D eigenvalue weighted by Gasteiger charge is -2.30. The van der Waals surface area contributed by atoms with Gasteiger partial charge in [-0.2, -0.15) is 0 Å². The fraction of sp³-hybridized carbons (Fsp3) is 0.381. The molecule has 3 aromatic carbocycles. The molecule has 1 aromatic heterocycles. The molecule has 2 amide bonds. The standard InChI is InChI=1S/C42H41N3O7/c1-49-41(47)35-23-31-24-45(35)40(46)37(30-20-27-14-8-9-15-28(27)21-30)44-42(48)52-36-22-29(36)16-6-3-7-18-33-38(50-25-26-12-4-2-5-13-26)32-17-10-11-19-34(32)43-39(33)51-31/h2,4-5,8-15,17,19,29-31,35-37H,3,6,16,20-25H2,1H3,(H,44,48). The van der Waals surface area contributed by atoms with Crippen LogP contribution in [0.5, 0.6) is 11.6 Å². The third kappa shape index (κ3) is 7.00. The first kappa shape index (κ1) is 33.6. The van der Waals surface area contributed by atoms with Crippen molar-refractivity contribution in [3.8, 4) is 23.5 Å². The van der Waals surface area contributed by atoms with Gasteiger partial charge in [-0.15, -0.1) is 0 Å². The third-order valence-electron chi connectivity index (χ3n) is 10.6. The van der Waals surface area contributed by atoms with Crippen molar-refractivity contribution >= 4 is 28.9 Å². The van der Waals surface area contributed by atoms with E-state index in [1.165, 1.54) is 12.0 Å². The SMILES string of the molecule is COC(=O)C1CC2CN1C(=O)C(C1Cc3ccccc3C1)NC(=O)OC1CC1CCCC#Cc1c(nc3ccccc3c1OCc1ccccc1)O2. The normalized spacial score (nSPS) is 24.4. The van der Waals surface area contributed by atoms with Crippen molar-refractivity contribution in [1.29, 1.82) is 0 Å². The summed E-state index contributed by atoms with van der Waals surface area (Å²) < 4.78 is 24.2. The van der Waals surface area contributed by atoms with E-state index < -0.39 is 30.3 Å². The van der Waals surface area contributed by atoms with Crippen LogP contribution in [0.2, 0.25) is 0 Å². The Morgan fingerprint density at radius 2 is 1.69 bits per heavy atom. The maximum atomic E-state index is 14.6. The first-order valence-corrected chi connectivity index (χ1v) is 18.1. The number of esters is 1. The number of hydrogen-bond donors (Lipinski definition) is 1. The number of hydrogen-bond acceptors (Lipinski definition) is 8. The molecule has 1 saturated carbocycles. The minimum absolute atomic E-state index is 0.0811. The van der Waals surface area contributed by atoms with Crippen LogP contribution in [-0.2, 0) is 38.5 Å². The smallest absolute Gasteiger partial charge is 0.408 e. The van der Waals surface area contributed by atoms with Crippen molar-refractivity contribution in [3.05, 3.63) is 101 Å². The highest BCUT2D eigenvalue weighted by atomic mass is 16.6. The van der Waals surface area contributed by atoms with Crippen LogP contribution >= 0.6 is 0 Å². The Bertz CT molecular complexity index is 2030. The van der Waals surface area contributed by atoms with Crippen LogP contribution in [0.1, 0.15) is 54.4 Å². The molecule has 1 N–H and O–H groups in total. The van der Waals surface area contributed by atoms with Crippen LogP contribution in [0.4, 0.5) is 4.79 Å². The Kier molecular flexibility index (Phi) is 9.42. The van der Waals surface area contributed by atoms with Crippen LogP contribution in [0, 0.1) is 23.7 Å². The van der Waals surface area contributed by atoms with Gasteiger partial charge in [-0.25, -0.2) is 14.6 Å². The number of amides is 2. The topological polar surface area (TPSA) is 116 Å². The van der Waals surface area contributed by atoms with Crippen LogP contribution in [0.25, 0.3) is 10.9 Å². The van der Waals surface area contributed by atoms with Gasteiger partial charge < -0.3 is 29.2 Å². The van der Waals surface area contributed by atoms with Gasteiger partial charge in [0.2, 0.25) is 11.8 Å². The number of methoxy groups -OCH3 is 1. The van der Waals surface area contributed by atoms with E-state index in [2.05, 4.69) is 29.3 Å².